The Bertz CT molecular complexity index is 1090. The number of hydrogen-bond acceptors (Lipinski definition) is 5. The molecule has 180 valence electrons. The third-order valence-electron chi connectivity index (χ3n) is 4.86. The van der Waals surface area contributed by atoms with Crippen LogP contribution in [0.3, 0.4) is 0 Å². The Morgan fingerprint density at radius 1 is 0.667 bits per heavy atom. The second kappa shape index (κ2) is 12.1. The number of hydrogen-bond donors (Lipinski definition) is 2. The van der Waals surface area contributed by atoms with E-state index < -0.39 is 30.4 Å². The van der Waals surface area contributed by atoms with Crippen molar-refractivity contribution < 1.29 is 30.7 Å². The molecule has 2 rings (SSSR count). The lowest BCUT2D eigenvalue weighted by molar-refractivity contribution is 0.318. The third kappa shape index (κ3) is 8.43. The van der Waals surface area contributed by atoms with Crippen molar-refractivity contribution in [2.24, 2.45) is 0 Å². The van der Waals surface area contributed by atoms with Gasteiger partial charge in [0.2, 0.25) is 10.2 Å². The summed E-state index contributed by atoms with van der Waals surface area (Å²) >= 11 is 0. The first-order chi connectivity index (χ1) is 15.6. The summed E-state index contributed by atoms with van der Waals surface area (Å²) in [5.74, 6) is 0. The van der Waals surface area contributed by atoms with Crippen LogP contribution in [-0.4, -0.2) is 25.9 Å². The lowest BCUT2D eigenvalue weighted by Crippen LogP contribution is -2.17. The van der Waals surface area contributed by atoms with Crippen molar-refractivity contribution in [3.05, 3.63) is 93.1 Å². The molecule has 0 aliphatic heterocycles. The normalized spacial score (nSPS) is 13.8. The Labute approximate surface area is 196 Å². The van der Waals surface area contributed by atoms with Crippen LogP contribution >= 0.6 is 0 Å². The smallest absolute Gasteiger partial charge is 0.328 e. The van der Waals surface area contributed by atoms with Crippen molar-refractivity contribution in [2.45, 2.75) is 52.4 Å². The van der Waals surface area contributed by atoms with Gasteiger partial charge < -0.3 is 4.74 Å². The number of rotatable bonds is 12. The van der Waals surface area contributed by atoms with Crippen molar-refractivity contribution in [1.29, 1.82) is 0 Å². The summed E-state index contributed by atoms with van der Waals surface area (Å²) < 4.78 is 74.6. The van der Waals surface area contributed by atoms with Crippen LogP contribution in [0.25, 0.3) is 0 Å². The van der Waals surface area contributed by atoms with E-state index in [0.29, 0.717) is 12.8 Å². The number of benzene rings is 2. The van der Waals surface area contributed by atoms with Gasteiger partial charge in [-0.15, -0.1) is 0 Å². The maximum Gasteiger partial charge on any atom is 0.328 e. The summed E-state index contributed by atoms with van der Waals surface area (Å²) in [6.07, 6.45) is 1.80. The Hall–Kier alpha value is -2.46. The van der Waals surface area contributed by atoms with Crippen molar-refractivity contribution in [2.75, 3.05) is 0 Å². The lowest BCUT2D eigenvalue weighted by Gasteiger charge is -2.18. The van der Waals surface area contributed by atoms with E-state index in [-0.39, 0.29) is 36.8 Å². The zero-order valence-electron chi connectivity index (χ0n) is 18.8. The third-order valence-corrected chi connectivity index (χ3v) is 6.54. The monoisotopic (exact) mass is 494 g/mol. The fraction of sp³-hybridized carbons (Fsp3) is 0.333. The number of allylic oxidation sites excluding steroid dienone is 2. The highest BCUT2D eigenvalue weighted by molar-refractivity contribution is 7.90. The average Bonchev–Trinajstić information content (AvgIpc) is 2.73. The fourth-order valence-corrected chi connectivity index (χ4v) is 5.02. The van der Waals surface area contributed by atoms with Crippen LogP contribution < -0.4 is 0 Å². The van der Waals surface area contributed by atoms with E-state index in [4.69, 9.17) is 4.74 Å². The van der Waals surface area contributed by atoms with Crippen LogP contribution in [0.15, 0.2) is 82.0 Å². The number of ether oxygens (including phenoxy) is 1. The highest BCUT2D eigenvalue weighted by Crippen LogP contribution is 2.29. The molecule has 0 aromatic heterocycles. The first kappa shape index (κ1) is 26.8. The molecule has 0 saturated heterocycles. The molecule has 2 aromatic rings. The zero-order chi connectivity index (χ0) is 24.5. The maximum absolute atomic E-state index is 12.3. The molecule has 0 saturated carbocycles. The van der Waals surface area contributed by atoms with Gasteiger partial charge in [-0.2, -0.15) is 16.8 Å². The van der Waals surface area contributed by atoms with E-state index >= 15 is 0 Å². The summed E-state index contributed by atoms with van der Waals surface area (Å²) in [5.41, 5.74) is 1.95. The Morgan fingerprint density at radius 2 is 1.00 bits per heavy atom. The van der Waals surface area contributed by atoms with Gasteiger partial charge in [0.15, 0.2) is 0 Å². The molecule has 0 heterocycles. The molecule has 2 N–H and O–H groups in total. The molecule has 0 unspecified atom stereocenters. The minimum atomic E-state index is -4.94. The first-order valence-corrected chi connectivity index (χ1v) is 13.6. The molecule has 2 aromatic carbocycles. The fourth-order valence-electron chi connectivity index (χ4n) is 3.51. The maximum atomic E-state index is 12.3. The van der Waals surface area contributed by atoms with Crippen LogP contribution in [0.4, 0.5) is 0 Å². The van der Waals surface area contributed by atoms with E-state index in [9.17, 15) is 25.9 Å². The van der Waals surface area contributed by atoms with Gasteiger partial charge in [-0.25, -0.2) is 0 Å². The topological polar surface area (TPSA) is 118 Å². The van der Waals surface area contributed by atoms with E-state index in [1.807, 2.05) is 26.0 Å². The van der Waals surface area contributed by atoms with Crippen molar-refractivity contribution in [3.63, 3.8) is 0 Å². The molecule has 0 fully saturated rings. The highest BCUT2D eigenvalue weighted by Gasteiger charge is 2.30. The minimum Gasteiger partial charge on any atom is -0.428 e. The molecule has 0 radical (unpaired) electrons. The molecule has 9 heteroatoms. The van der Waals surface area contributed by atoms with Crippen molar-refractivity contribution in [1.82, 2.24) is 0 Å². The molecular weight excluding hydrogens is 464 g/mol. The van der Waals surface area contributed by atoms with E-state index in [0.717, 1.165) is 11.1 Å². The van der Waals surface area contributed by atoms with Gasteiger partial charge >= 0.3 is 20.2 Å². The predicted octanol–water partition coefficient (Wildman–Crippen LogP) is 5.29. The largest absolute Gasteiger partial charge is 0.428 e. The quantitative estimate of drug-likeness (QED) is 0.304. The summed E-state index contributed by atoms with van der Waals surface area (Å²) in [6.45, 7) is 3.65. The first-order valence-electron chi connectivity index (χ1n) is 10.7. The molecule has 0 spiro atoms. The molecule has 0 atom stereocenters. The van der Waals surface area contributed by atoms with Gasteiger partial charge in [0.25, 0.3) is 0 Å². The summed E-state index contributed by atoms with van der Waals surface area (Å²) in [7, 11) is -9.87. The van der Waals surface area contributed by atoms with E-state index in [1.165, 1.54) is 0 Å². The van der Waals surface area contributed by atoms with Crippen LogP contribution in [-0.2, 0) is 37.8 Å². The molecule has 0 aliphatic carbocycles. The van der Waals surface area contributed by atoms with Crippen LogP contribution in [0.1, 0.15) is 50.7 Å². The average molecular weight is 495 g/mol. The summed E-state index contributed by atoms with van der Waals surface area (Å²) in [6, 6.07) is 17.9. The van der Waals surface area contributed by atoms with Gasteiger partial charge in [0.1, 0.15) is 0 Å². The predicted molar refractivity (Wildman–Crippen MR) is 128 cm³/mol. The minimum absolute atomic E-state index is 0.129. The van der Waals surface area contributed by atoms with Gasteiger partial charge in [0.05, 0.1) is 0 Å². The molecule has 0 bridgehead atoms. The summed E-state index contributed by atoms with van der Waals surface area (Å²) in [5, 5.41) is -1.72. The van der Waals surface area contributed by atoms with Crippen LogP contribution in [0, 0.1) is 0 Å². The van der Waals surface area contributed by atoms with Gasteiger partial charge in [-0.1, -0.05) is 87.4 Å². The van der Waals surface area contributed by atoms with Crippen LogP contribution in [0.2, 0.25) is 0 Å². The Morgan fingerprint density at radius 3 is 1.27 bits per heavy atom. The van der Waals surface area contributed by atoms with Gasteiger partial charge in [-0.3, -0.25) is 9.11 Å². The second-order valence-corrected chi connectivity index (χ2v) is 10.3. The highest BCUT2D eigenvalue weighted by atomic mass is 32.2. The SMILES string of the molecule is CCCC(Cc1ccccc1)=C(OC(=C(CCC)Cc1ccccc1)S(=O)(=O)O)S(=O)(=O)O. The summed E-state index contributed by atoms with van der Waals surface area (Å²) in [4.78, 5) is 0. The molecule has 7 nitrogen and oxygen atoms in total. The van der Waals surface area contributed by atoms with Crippen molar-refractivity contribution >= 4 is 20.2 Å². The molecular formula is C24H30O7S2. The molecule has 0 amide bonds. The molecule has 33 heavy (non-hydrogen) atoms. The Balaban J connectivity index is 2.67. The van der Waals surface area contributed by atoms with Gasteiger partial charge in [-0.05, 0) is 48.0 Å². The molecule has 0 aliphatic rings. The Kier molecular flexibility index (Phi) is 9.85. The van der Waals surface area contributed by atoms with Gasteiger partial charge in [0, 0.05) is 0 Å². The standard InChI is InChI=1S/C24H30O7S2/c1-3-11-21(17-19-13-7-5-8-14-19)23(32(25,26)27)31-24(33(28,29)30)22(12-4-2)18-20-15-9-6-10-16-20/h5-10,13-16H,3-4,11-12,17-18H2,1-2H3,(H,25,26,27)(H,28,29,30). The zero-order valence-corrected chi connectivity index (χ0v) is 20.4. The lowest BCUT2D eigenvalue weighted by atomic mass is 10.0. The van der Waals surface area contributed by atoms with E-state index in [2.05, 4.69) is 0 Å². The second-order valence-electron chi connectivity index (χ2n) is 7.66. The van der Waals surface area contributed by atoms with E-state index in [1.54, 1.807) is 48.5 Å². The van der Waals surface area contributed by atoms with Crippen LogP contribution in [0.5, 0.6) is 0 Å². The van der Waals surface area contributed by atoms with Crippen molar-refractivity contribution in [3.8, 4) is 0 Å².